The molecule has 2 N–H and O–H groups in total. The monoisotopic (exact) mass is 381 g/mol. The standard InChI is InChI=1S/C20H16ClN3O3/c1-27-17-7-5-15(6-8-17)23-19(25)13-9-10-22-18(11-13)20(26)24-16-4-2-3-14(21)12-16/h2-12H,1H3,(H,23,25)(H,24,26). The number of benzene rings is 2. The third-order valence-corrected chi connectivity index (χ3v) is 3.92. The van der Waals surface area contributed by atoms with Gasteiger partial charge in [-0.25, -0.2) is 0 Å². The molecule has 7 heteroatoms. The largest absolute Gasteiger partial charge is 0.497 e. The molecule has 0 aliphatic carbocycles. The molecule has 3 aromatic rings. The van der Waals surface area contributed by atoms with Gasteiger partial charge in [0, 0.05) is 28.2 Å². The van der Waals surface area contributed by atoms with Gasteiger partial charge in [-0.3, -0.25) is 14.6 Å². The normalized spacial score (nSPS) is 10.1. The van der Waals surface area contributed by atoms with Crippen LogP contribution in [0.2, 0.25) is 5.02 Å². The van der Waals surface area contributed by atoms with Crippen molar-refractivity contribution in [2.75, 3.05) is 17.7 Å². The van der Waals surface area contributed by atoms with Gasteiger partial charge in [0.1, 0.15) is 11.4 Å². The Morgan fingerprint density at radius 2 is 1.67 bits per heavy atom. The number of rotatable bonds is 5. The Labute approximate surface area is 161 Å². The molecule has 6 nitrogen and oxygen atoms in total. The van der Waals surface area contributed by atoms with E-state index in [4.69, 9.17) is 16.3 Å². The number of hydrogen-bond acceptors (Lipinski definition) is 4. The van der Waals surface area contributed by atoms with Crippen molar-refractivity contribution in [3.63, 3.8) is 0 Å². The molecule has 1 heterocycles. The van der Waals surface area contributed by atoms with Crippen molar-refractivity contribution in [3.8, 4) is 5.75 Å². The highest BCUT2D eigenvalue weighted by Crippen LogP contribution is 2.17. The van der Waals surface area contributed by atoms with Crippen LogP contribution >= 0.6 is 11.6 Å². The number of hydrogen-bond donors (Lipinski definition) is 2. The number of carbonyl (C=O) groups is 2. The second kappa shape index (κ2) is 8.33. The molecular weight excluding hydrogens is 366 g/mol. The number of halogens is 1. The summed E-state index contributed by atoms with van der Waals surface area (Å²) in [5, 5.41) is 5.97. The van der Waals surface area contributed by atoms with Gasteiger partial charge < -0.3 is 15.4 Å². The fraction of sp³-hybridized carbons (Fsp3) is 0.0500. The van der Waals surface area contributed by atoms with Crippen LogP contribution in [0.25, 0.3) is 0 Å². The van der Waals surface area contributed by atoms with Crippen molar-refractivity contribution in [1.29, 1.82) is 0 Å². The van der Waals surface area contributed by atoms with E-state index in [1.54, 1.807) is 55.6 Å². The second-order valence-corrected chi connectivity index (χ2v) is 6.01. The summed E-state index contributed by atoms with van der Waals surface area (Å²) in [5.74, 6) is -0.0902. The number of carbonyl (C=O) groups excluding carboxylic acids is 2. The SMILES string of the molecule is COc1ccc(NC(=O)c2ccnc(C(=O)Nc3cccc(Cl)c3)c2)cc1. The number of nitrogens with zero attached hydrogens (tertiary/aromatic N) is 1. The molecule has 0 aliphatic rings. The van der Waals surface area contributed by atoms with E-state index in [0.717, 1.165) is 0 Å². The lowest BCUT2D eigenvalue weighted by molar-refractivity contribution is 0.102. The molecule has 0 saturated heterocycles. The summed E-state index contributed by atoms with van der Waals surface area (Å²) >= 11 is 5.91. The molecule has 0 bridgehead atoms. The summed E-state index contributed by atoms with van der Waals surface area (Å²) in [7, 11) is 1.57. The van der Waals surface area contributed by atoms with E-state index in [9.17, 15) is 9.59 Å². The second-order valence-electron chi connectivity index (χ2n) is 5.58. The molecule has 0 aliphatic heterocycles. The molecule has 0 unspecified atom stereocenters. The van der Waals surface area contributed by atoms with Crippen LogP contribution in [0.5, 0.6) is 5.75 Å². The molecule has 2 amide bonds. The maximum atomic E-state index is 12.4. The van der Waals surface area contributed by atoms with E-state index in [1.165, 1.54) is 18.3 Å². The van der Waals surface area contributed by atoms with E-state index in [2.05, 4.69) is 15.6 Å². The molecule has 2 aromatic carbocycles. The molecule has 0 spiro atoms. The average molecular weight is 382 g/mol. The van der Waals surface area contributed by atoms with Crippen molar-refractivity contribution in [3.05, 3.63) is 83.1 Å². The summed E-state index contributed by atoms with van der Waals surface area (Å²) in [6, 6.07) is 16.7. The number of methoxy groups -OCH3 is 1. The van der Waals surface area contributed by atoms with Crippen molar-refractivity contribution < 1.29 is 14.3 Å². The Morgan fingerprint density at radius 1 is 0.926 bits per heavy atom. The van der Waals surface area contributed by atoms with Gasteiger partial charge in [0.05, 0.1) is 7.11 Å². The van der Waals surface area contributed by atoms with Crippen LogP contribution < -0.4 is 15.4 Å². The fourth-order valence-corrected chi connectivity index (χ4v) is 2.53. The number of anilines is 2. The van der Waals surface area contributed by atoms with Gasteiger partial charge in [-0.15, -0.1) is 0 Å². The minimum Gasteiger partial charge on any atom is -0.497 e. The van der Waals surface area contributed by atoms with Gasteiger partial charge >= 0.3 is 0 Å². The Bertz CT molecular complexity index is 974. The van der Waals surface area contributed by atoms with Gasteiger partial charge in [-0.05, 0) is 54.6 Å². The predicted molar refractivity (Wildman–Crippen MR) is 105 cm³/mol. The van der Waals surface area contributed by atoms with Crippen LogP contribution in [0.3, 0.4) is 0 Å². The van der Waals surface area contributed by atoms with Crippen LogP contribution in [0, 0.1) is 0 Å². The van der Waals surface area contributed by atoms with Crippen LogP contribution in [0.1, 0.15) is 20.8 Å². The van der Waals surface area contributed by atoms with E-state index < -0.39 is 5.91 Å². The highest BCUT2D eigenvalue weighted by atomic mass is 35.5. The molecule has 27 heavy (non-hydrogen) atoms. The van der Waals surface area contributed by atoms with Gasteiger partial charge in [-0.2, -0.15) is 0 Å². The number of aromatic nitrogens is 1. The first-order valence-corrected chi connectivity index (χ1v) is 8.41. The summed E-state index contributed by atoms with van der Waals surface area (Å²) in [6.07, 6.45) is 1.41. The zero-order chi connectivity index (χ0) is 19.2. The van der Waals surface area contributed by atoms with E-state index in [0.29, 0.717) is 27.7 Å². The maximum Gasteiger partial charge on any atom is 0.274 e. The van der Waals surface area contributed by atoms with Crippen LogP contribution in [0.4, 0.5) is 11.4 Å². The van der Waals surface area contributed by atoms with Crippen LogP contribution in [0.15, 0.2) is 66.9 Å². The van der Waals surface area contributed by atoms with Gasteiger partial charge in [-0.1, -0.05) is 17.7 Å². The minimum absolute atomic E-state index is 0.123. The smallest absolute Gasteiger partial charge is 0.274 e. The lowest BCUT2D eigenvalue weighted by atomic mass is 10.2. The van der Waals surface area contributed by atoms with Crippen LogP contribution in [-0.2, 0) is 0 Å². The van der Waals surface area contributed by atoms with Crippen molar-refractivity contribution in [2.24, 2.45) is 0 Å². The molecule has 0 radical (unpaired) electrons. The summed E-state index contributed by atoms with van der Waals surface area (Å²) < 4.78 is 5.08. The summed E-state index contributed by atoms with van der Waals surface area (Å²) in [6.45, 7) is 0. The molecule has 0 atom stereocenters. The minimum atomic E-state index is -0.434. The third kappa shape index (κ3) is 4.83. The molecule has 1 aromatic heterocycles. The van der Waals surface area contributed by atoms with E-state index in [1.807, 2.05) is 0 Å². The Kier molecular flexibility index (Phi) is 5.68. The first-order chi connectivity index (χ1) is 13.0. The van der Waals surface area contributed by atoms with Crippen molar-refractivity contribution >= 4 is 34.8 Å². The van der Waals surface area contributed by atoms with Gasteiger partial charge in [0.15, 0.2) is 0 Å². The van der Waals surface area contributed by atoms with Crippen molar-refractivity contribution in [2.45, 2.75) is 0 Å². The van der Waals surface area contributed by atoms with Crippen molar-refractivity contribution in [1.82, 2.24) is 4.98 Å². The summed E-state index contributed by atoms with van der Waals surface area (Å²) in [4.78, 5) is 28.8. The highest BCUT2D eigenvalue weighted by molar-refractivity contribution is 6.31. The zero-order valence-electron chi connectivity index (χ0n) is 14.4. The molecular formula is C20H16ClN3O3. The highest BCUT2D eigenvalue weighted by Gasteiger charge is 2.12. The molecule has 0 saturated carbocycles. The quantitative estimate of drug-likeness (QED) is 0.692. The lowest BCUT2D eigenvalue weighted by Crippen LogP contribution is -2.17. The molecule has 136 valence electrons. The Morgan fingerprint density at radius 3 is 2.37 bits per heavy atom. The third-order valence-electron chi connectivity index (χ3n) is 3.69. The number of pyridine rings is 1. The maximum absolute atomic E-state index is 12.4. The Balaban J connectivity index is 1.71. The van der Waals surface area contributed by atoms with Gasteiger partial charge in [0.2, 0.25) is 0 Å². The Hall–Kier alpha value is -3.38. The molecule has 3 rings (SSSR count). The van der Waals surface area contributed by atoms with E-state index >= 15 is 0 Å². The topological polar surface area (TPSA) is 80.3 Å². The first kappa shape index (κ1) is 18.4. The van der Waals surface area contributed by atoms with Gasteiger partial charge in [0.25, 0.3) is 11.8 Å². The fourth-order valence-electron chi connectivity index (χ4n) is 2.33. The lowest BCUT2D eigenvalue weighted by Gasteiger charge is -2.08. The van der Waals surface area contributed by atoms with E-state index in [-0.39, 0.29) is 11.6 Å². The summed E-state index contributed by atoms with van der Waals surface area (Å²) in [5.41, 5.74) is 1.60. The number of ether oxygens (including phenoxy) is 1. The number of amides is 2. The predicted octanol–water partition coefficient (Wildman–Crippen LogP) is 4.25. The zero-order valence-corrected chi connectivity index (χ0v) is 15.2. The number of nitrogens with one attached hydrogen (secondary N) is 2. The average Bonchev–Trinajstić information content (AvgIpc) is 2.68. The molecule has 0 fully saturated rings. The van der Waals surface area contributed by atoms with Crippen LogP contribution in [-0.4, -0.2) is 23.9 Å². The first-order valence-electron chi connectivity index (χ1n) is 8.03.